The summed E-state index contributed by atoms with van der Waals surface area (Å²) < 4.78 is 27.2. The average Bonchev–Trinajstić information content (AvgIpc) is 2.81. The summed E-state index contributed by atoms with van der Waals surface area (Å²) in [5.74, 6) is 7.62. The van der Waals surface area contributed by atoms with Gasteiger partial charge in [0.1, 0.15) is 16.7 Å². The van der Waals surface area contributed by atoms with Gasteiger partial charge < -0.3 is 0 Å². The fourth-order valence-electron chi connectivity index (χ4n) is 5.66. The lowest BCUT2D eigenvalue weighted by Crippen LogP contribution is -2.30. The fraction of sp³-hybridized carbons (Fsp3) is 0.448. The number of halogens is 3. The first-order chi connectivity index (χ1) is 15.5. The van der Waals surface area contributed by atoms with Crippen molar-refractivity contribution >= 4 is 11.6 Å². The van der Waals surface area contributed by atoms with Crippen molar-refractivity contribution in [3.63, 3.8) is 0 Å². The number of fused-ring (bicyclic) bond motifs is 1. The molecular weight excluding hydrogens is 422 g/mol. The molecule has 0 N–H and O–H groups in total. The van der Waals surface area contributed by atoms with Crippen molar-refractivity contribution in [1.29, 1.82) is 0 Å². The second kappa shape index (κ2) is 10.7. The molecule has 2 aliphatic rings. The molecular formula is C29H31ClF2. The van der Waals surface area contributed by atoms with Crippen molar-refractivity contribution in [3.8, 4) is 11.8 Å². The number of hydrogen-bond donors (Lipinski definition) is 0. The van der Waals surface area contributed by atoms with E-state index >= 15 is 0 Å². The molecule has 0 spiro atoms. The molecule has 4 atom stereocenters. The number of rotatable bonds is 4. The summed E-state index contributed by atoms with van der Waals surface area (Å²) >= 11 is 5.53. The number of allylic oxidation sites excluding steroid dienone is 2. The van der Waals surface area contributed by atoms with Crippen LogP contribution in [0.2, 0.25) is 5.02 Å². The fourth-order valence-corrected chi connectivity index (χ4v) is 5.77. The van der Waals surface area contributed by atoms with Crippen LogP contribution in [0.5, 0.6) is 0 Å². The molecule has 2 saturated carbocycles. The molecule has 0 radical (unpaired) electrons. The predicted molar refractivity (Wildman–Crippen MR) is 129 cm³/mol. The Morgan fingerprint density at radius 1 is 0.906 bits per heavy atom. The molecule has 168 valence electrons. The van der Waals surface area contributed by atoms with Gasteiger partial charge in [-0.3, -0.25) is 0 Å². The van der Waals surface area contributed by atoms with Gasteiger partial charge >= 0.3 is 0 Å². The second-order valence-electron chi connectivity index (χ2n) is 9.48. The zero-order chi connectivity index (χ0) is 22.5. The minimum Gasteiger partial charge on any atom is -0.205 e. The lowest BCUT2D eigenvalue weighted by atomic mass is 9.63. The zero-order valence-electron chi connectivity index (χ0n) is 18.7. The van der Waals surface area contributed by atoms with Crippen molar-refractivity contribution in [2.24, 2.45) is 17.8 Å². The Kier molecular flexibility index (Phi) is 7.69. The van der Waals surface area contributed by atoms with Crippen LogP contribution in [-0.4, -0.2) is 0 Å². The summed E-state index contributed by atoms with van der Waals surface area (Å²) in [5, 5.41) is -0.489. The molecule has 3 heteroatoms. The zero-order valence-corrected chi connectivity index (χ0v) is 19.5. The lowest BCUT2D eigenvalue weighted by Gasteiger charge is -2.42. The van der Waals surface area contributed by atoms with Gasteiger partial charge in [-0.25, -0.2) is 8.78 Å². The van der Waals surface area contributed by atoms with Gasteiger partial charge in [0.05, 0.1) is 0 Å². The van der Waals surface area contributed by atoms with Gasteiger partial charge in [0.25, 0.3) is 0 Å². The summed E-state index contributed by atoms with van der Waals surface area (Å²) in [6, 6.07) is 10.7. The van der Waals surface area contributed by atoms with Gasteiger partial charge in [-0.2, -0.15) is 0 Å². The van der Waals surface area contributed by atoms with E-state index in [2.05, 4.69) is 43.0 Å². The Morgan fingerprint density at radius 3 is 2.28 bits per heavy atom. The molecule has 0 amide bonds. The van der Waals surface area contributed by atoms with E-state index < -0.39 is 16.7 Å². The maximum absolute atomic E-state index is 13.6. The molecule has 4 rings (SSSR count). The van der Waals surface area contributed by atoms with Crippen LogP contribution in [0.4, 0.5) is 8.78 Å². The van der Waals surface area contributed by atoms with Gasteiger partial charge in [-0.15, -0.1) is 0 Å². The van der Waals surface area contributed by atoms with E-state index in [1.807, 2.05) is 12.1 Å². The molecule has 4 unspecified atom stereocenters. The van der Waals surface area contributed by atoms with Crippen LogP contribution in [0.15, 0.2) is 48.6 Å². The third-order valence-corrected chi connectivity index (χ3v) is 7.78. The van der Waals surface area contributed by atoms with Crippen LogP contribution in [0.1, 0.15) is 80.9 Å². The monoisotopic (exact) mass is 452 g/mol. The highest BCUT2D eigenvalue weighted by Gasteiger charge is 2.35. The minimum atomic E-state index is -0.784. The summed E-state index contributed by atoms with van der Waals surface area (Å²) in [6.45, 7) is 2.11. The summed E-state index contributed by atoms with van der Waals surface area (Å²) in [5.41, 5.74) is 2.53. The first-order valence-corrected chi connectivity index (χ1v) is 12.3. The Morgan fingerprint density at radius 2 is 1.56 bits per heavy atom. The Labute approximate surface area is 196 Å². The van der Waals surface area contributed by atoms with E-state index in [0.29, 0.717) is 5.92 Å². The molecule has 32 heavy (non-hydrogen) atoms. The van der Waals surface area contributed by atoms with Gasteiger partial charge in [-0.1, -0.05) is 54.1 Å². The maximum Gasteiger partial charge on any atom is 0.146 e. The highest BCUT2D eigenvalue weighted by Crippen LogP contribution is 2.48. The first kappa shape index (κ1) is 23.1. The molecule has 2 fully saturated rings. The molecule has 0 saturated heterocycles. The Bertz CT molecular complexity index is 989. The van der Waals surface area contributed by atoms with Crippen LogP contribution in [0, 0.1) is 41.2 Å². The van der Waals surface area contributed by atoms with Crippen LogP contribution in [0.3, 0.4) is 0 Å². The molecule has 2 aromatic rings. The molecule has 2 aromatic carbocycles. The summed E-state index contributed by atoms with van der Waals surface area (Å²) in [6.07, 6.45) is 15.2. The van der Waals surface area contributed by atoms with Crippen molar-refractivity contribution in [2.75, 3.05) is 0 Å². The van der Waals surface area contributed by atoms with E-state index in [1.54, 1.807) is 0 Å². The average molecular weight is 453 g/mol. The Hall–Kier alpha value is -2.11. The Balaban J connectivity index is 1.35. The normalized spacial score (nSPS) is 25.2. The van der Waals surface area contributed by atoms with Crippen molar-refractivity contribution in [2.45, 2.75) is 64.2 Å². The lowest BCUT2D eigenvalue weighted by molar-refractivity contribution is 0.115. The van der Waals surface area contributed by atoms with Gasteiger partial charge in [-0.05, 0) is 105 Å². The quantitative estimate of drug-likeness (QED) is 0.247. The van der Waals surface area contributed by atoms with Crippen molar-refractivity contribution in [3.05, 3.63) is 81.9 Å². The summed E-state index contributed by atoms with van der Waals surface area (Å²) in [4.78, 5) is 0. The molecule has 0 heterocycles. The van der Waals surface area contributed by atoms with E-state index in [1.165, 1.54) is 69.1 Å². The third-order valence-electron chi connectivity index (χ3n) is 7.42. The topological polar surface area (TPSA) is 0 Å². The van der Waals surface area contributed by atoms with Gasteiger partial charge in [0.15, 0.2) is 0 Å². The van der Waals surface area contributed by atoms with Crippen LogP contribution in [-0.2, 0) is 0 Å². The largest absolute Gasteiger partial charge is 0.205 e. The highest BCUT2D eigenvalue weighted by atomic mass is 35.5. The summed E-state index contributed by atoms with van der Waals surface area (Å²) in [7, 11) is 0. The number of hydrogen-bond acceptors (Lipinski definition) is 0. The highest BCUT2D eigenvalue weighted by molar-refractivity contribution is 6.30. The molecule has 0 aliphatic heterocycles. The van der Waals surface area contributed by atoms with Crippen LogP contribution >= 0.6 is 11.6 Å². The molecule has 0 bridgehead atoms. The standard InChI is InChI=1S/C29H31ClF2/c1-2-3-4-5-21-10-13-26-19-25(15-14-24(26)16-21)23-11-8-20(9-12-23)6-7-22-17-27(31)29(30)28(32)18-22/h2-3,8-9,11-12,17-18,21,24-26H,4-5,10,13-16,19H2,1H3/b3-2+. The van der Waals surface area contributed by atoms with E-state index in [9.17, 15) is 8.78 Å². The van der Waals surface area contributed by atoms with Crippen molar-refractivity contribution in [1.82, 2.24) is 0 Å². The van der Waals surface area contributed by atoms with E-state index in [0.717, 1.165) is 23.3 Å². The van der Waals surface area contributed by atoms with E-state index in [4.69, 9.17) is 11.6 Å². The molecule has 2 aliphatic carbocycles. The SMILES string of the molecule is C/C=C/CCC1CCC2CC(c3ccc(C#Cc4cc(F)c(Cl)c(F)c4)cc3)CCC2C1. The van der Waals surface area contributed by atoms with E-state index in [-0.39, 0.29) is 5.56 Å². The smallest absolute Gasteiger partial charge is 0.146 e. The van der Waals surface area contributed by atoms with Crippen molar-refractivity contribution < 1.29 is 8.78 Å². The van der Waals surface area contributed by atoms with Gasteiger partial charge in [0.2, 0.25) is 0 Å². The maximum atomic E-state index is 13.6. The second-order valence-corrected chi connectivity index (χ2v) is 9.86. The molecule has 0 aromatic heterocycles. The number of benzene rings is 2. The predicted octanol–water partition coefficient (Wildman–Crippen LogP) is 8.67. The first-order valence-electron chi connectivity index (χ1n) is 11.9. The third kappa shape index (κ3) is 5.62. The molecule has 0 nitrogen and oxygen atoms in total. The van der Waals surface area contributed by atoms with Crippen LogP contribution < -0.4 is 0 Å². The minimum absolute atomic E-state index is 0.285. The van der Waals surface area contributed by atoms with Gasteiger partial charge in [0, 0.05) is 11.1 Å². The van der Waals surface area contributed by atoms with Crippen LogP contribution in [0.25, 0.3) is 0 Å².